The van der Waals surface area contributed by atoms with E-state index in [0.29, 0.717) is 31.9 Å². The highest BCUT2D eigenvalue weighted by molar-refractivity contribution is 5.91. The Morgan fingerprint density at radius 3 is 2.61 bits per heavy atom. The number of halogens is 2. The molecule has 178 valence electrons. The summed E-state index contributed by atoms with van der Waals surface area (Å²) in [6.07, 6.45) is 1.41. The second-order valence-electron chi connectivity index (χ2n) is 9.60. The van der Waals surface area contributed by atoms with Gasteiger partial charge >= 0.3 is 0 Å². The molecule has 0 bridgehead atoms. The number of hydrogen-bond donors (Lipinski definition) is 2. The van der Waals surface area contributed by atoms with Gasteiger partial charge in [-0.05, 0) is 30.1 Å². The Hall–Kier alpha value is -3.04. The maximum absolute atomic E-state index is 13.4. The highest BCUT2D eigenvalue weighted by Gasteiger charge is 2.69. The number of carbonyl (C=O) groups is 4. The van der Waals surface area contributed by atoms with Crippen molar-refractivity contribution in [2.45, 2.75) is 38.8 Å². The van der Waals surface area contributed by atoms with Crippen LogP contribution in [0.5, 0.6) is 5.75 Å². The SMILES string of the molecule is CC1(C)C2CN(C(=O)COc3cc(F)cc(F)c3)[C@@H](C(=O)N[C@H](C=O)C[C@@H]3CCNC3=O)C21. The number of ether oxygens (including phenoxy) is 1. The molecule has 0 aromatic heterocycles. The van der Waals surface area contributed by atoms with Crippen LogP contribution in [0.2, 0.25) is 0 Å². The second kappa shape index (κ2) is 8.72. The van der Waals surface area contributed by atoms with E-state index in [2.05, 4.69) is 10.6 Å². The largest absolute Gasteiger partial charge is 0.484 e. The third kappa shape index (κ3) is 4.56. The van der Waals surface area contributed by atoms with Crippen molar-refractivity contribution >= 4 is 24.0 Å². The van der Waals surface area contributed by atoms with Crippen LogP contribution in [-0.4, -0.2) is 60.7 Å². The first-order valence-electron chi connectivity index (χ1n) is 11.0. The first kappa shape index (κ1) is 23.1. The normalized spacial score (nSPS) is 28.0. The molecule has 1 aromatic carbocycles. The van der Waals surface area contributed by atoms with Crippen molar-refractivity contribution < 1.29 is 32.7 Å². The summed E-state index contributed by atoms with van der Waals surface area (Å²) in [7, 11) is 0. The summed E-state index contributed by atoms with van der Waals surface area (Å²) in [6, 6.07) is 1.02. The van der Waals surface area contributed by atoms with Crippen LogP contribution >= 0.6 is 0 Å². The van der Waals surface area contributed by atoms with Crippen LogP contribution in [0.15, 0.2) is 18.2 Å². The van der Waals surface area contributed by atoms with Gasteiger partial charge in [-0.2, -0.15) is 0 Å². The van der Waals surface area contributed by atoms with Gasteiger partial charge in [0.2, 0.25) is 11.8 Å². The van der Waals surface area contributed by atoms with Crippen LogP contribution < -0.4 is 15.4 Å². The molecule has 2 N–H and O–H groups in total. The molecule has 3 amide bonds. The fourth-order valence-corrected chi connectivity index (χ4v) is 5.28. The first-order chi connectivity index (χ1) is 15.6. The lowest BCUT2D eigenvalue weighted by Gasteiger charge is -2.31. The van der Waals surface area contributed by atoms with Crippen molar-refractivity contribution in [3.8, 4) is 5.75 Å². The van der Waals surface area contributed by atoms with E-state index in [1.54, 1.807) is 0 Å². The number of rotatable bonds is 8. The summed E-state index contributed by atoms with van der Waals surface area (Å²) in [5, 5.41) is 5.41. The van der Waals surface area contributed by atoms with E-state index >= 15 is 0 Å². The smallest absolute Gasteiger partial charge is 0.261 e. The summed E-state index contributed by atoms with van der Waals surface area (Å²) < 4.78 is 32.0. The van der Waals surface area contributed by atoms with Crippen LogP contribution in [0.1, 0.15) is 26.7 Å². The number of piperidine rings is 1. The van der Waals surface area contributed by atoms with Gasteiger partial charge in [-0.15, -0.1) is 0 Å². The van der Waals surface area contributed by atoms with E-state index in [9.17, 15) is 28.0 Å². The Bertz CT molecular complexity index is 965. The van der Waals surface area contributed by atoms with Crippen molar-refractivity contribution in [1.82, 2.24) is 15.5 Å². The zero-order valence-electron chi connectivity index (χ0n) is 18.5. The summed E-state index contributed by atoms with van der Waals surface area (Å²) in [6.45, 7) is 4.46. The summed E-state index contributed by atoms with van der Waals surface area (Å²) in [5.74, 6) is -3.13. The zero-order valence-corrected chi connectivity index (χ0v) is 18.5. The first-order valence-corrected chi connectivity index (χ1v) is 11.0. The zero-order chi connectivity index (χ0) is 23.9. The summed E-state index contributed by atoms with van der Waals surface area (Å²) in [5.41, 5.74) is -0.132. The molecule has 4 rings (SSSR count). The van der Waals surface area contributed by atoms with E-state index < -0.39 is 42.1 Å². The third-order valence-corrected chi connectivity index (χ3v) is 7.19. The van der Waals surface area contributed by atoms with Gasteiger partial charge in [0.05, 0.1) is 6.04 Å². The molecule has 33 heavy (non-hydrogen) atoms. The summed E-state index contributed by atoms with van der Waals surface area (Å²) >= 11 is 0. The number of likely N-dealkylation sites (tertiary alicyclic amines) is 1. The Balaban J connectivity index is 1.42. The number of nitrogens with one attached hydrogen (secondary N) is 2. The Labute approximate surface area is 190 Å². The molecule has 1 saturated carbocycles. The van der Waals surface area contributed by atoms with Gasteiger partial charge in [-0.3, -0.25) is 14.4 Å². The monoisotopic (exact) mass is 463 g/mol. The Morgan fingerprint density at radius 1 is 1.30 bits per heavy atom. The predicted octanol–water partition coefficient (Wildman–Crippen LogP) is 1.04. The maximum Gasteiger partial charge on any atom is 0.261 e. The van der Waals surface area contributed by atoms with Crippen molar-refractivity contribution in [1.29, 1.82) is 0 Å². The van der Waals surface area contributed by atoms with Crippen LogP contribution in [-0.2, 0) is 19.2 Å². The molecule has 2 heterocycles. The number of benzene rings is 1. The molecule has 0 spiro atoms. The van der Waals surface area contributed by atoms with Crippen LogP contribution in [0.4, 0.5) is 8.78 Å². The molecule has 8 nitrogen and oxygen atoms in total. The number of hydrogen-bond acceptors (Lipinski definition) is 5. The molecule has 1 aromatic rings. The average Bonchev–Trinajstić information content (AvgIpc) is 3.11. The highest BCUT2D eigenvalue weighted by Crippen LogP contribution is 2.64. The quantitative estimate of drug-likeness (QED) is 0.561. The van der Waals surface area contributed by atoms with E-state index in [4.69, 9.17) is 4.74 Å². The lowest BCUT2D eigenvalue weighted by Crippen LogP contribution is -2.53. The van der Waals surface area contributed by atoms with Crippen molar-refractivity contribution in [3.63, 3.8) is 0 Å². The number of aldehydes is 1. The lowest BCUT2D eigenvalue weighted by molar-refractivity contribution is -0.142. The maximum atomic E-state index is 13.4. The minimum atomic E-state index is -0.837. The second-order valence-corrected chi connectivity index (χ2v) is 9.60. The Morgan fingerprint density at radius 2 is 2.00 bits per heavy atom. The molecule has 2 unspecified atom stereocenters. The van der Waals surface area contributed by atoms with Gasteiger partial charge < -0.3 is 25.1 Å². The molecule has 3 fully saturated rings. The van der Waals surface area contributed by atoms with Crippen molar-refractivity contribution in [2.75, 3.05) is 19.7 Å². The van der Waals surface area contributed by atoms with Crippen molar-refractivity contribution in [2.24, 2.45) is 23.2 Å². The van der Waals surface area contributed by atoms with Crippen LogP contribution in [0, 0.1) is 34.8 Å². The minimum Gasteiger partial charge on any atom is -0.484 e. The molecule has 5 atom stereocenters. The van der Waals surface area contributed by atoms with Gasteiger partial charge in [0, 0.05) is 37.2 Å². The van der Waals surface area contributed by atoms with Gasteiger partial charge in [0.1, 0.15) is 29.7 Å². The average molecular weight is 463 g/mol. The molecular formula is C23H27F2N3O5. The lowest BCUT2D eigenvalue weighted by atomic mass is 9.97. The Kier molecular flexibility index (Phi) is 6.11. The van der Waals surface area contributed by atoms with Crippen molar-refractivity contribution in [3.05, 3.63) is 29.8 Å². The molecule has 2 saturated heterocycles. The predicted molar refractivity (Wildman–Crippen MR) is 112 cm³/mol. The highest BCUT2D eigenvalue weighted by atomic mass is 19.1. The number of fused-ring (bicyclic) bond motifs is 1. The van der Waals surface area contributed by atoms with Crippen LogP contribution in [0.3, 0.4) is 0 Å². The van der Waals surface area contributed by atoms with E-state index in [-0.39, 0.29) is 41.2 Å². The number of amides is 3. The number of nitrogens with zero attached hydrogens (tertiary/aromatic N) is 1. The van der Waals surface area contributed by atoms with Gasteiger partial charge in [-0.25, -0.2) is 8.78 Å². The van der Waals surface area contributed by atoms with Gasteiger partial charge in [0.15, 0.2) is 6.61 Å². The summed E-state index contributed by atoms with van der Waals surface area (Å²) in [4.78, 5) is 50.9. The van der Waals surface area contributed by atoms with Crippen LogP contribution in [0.25, 0.3) is 0 Å². The van der Waals surface area contributed by atoms with E-state index in [1.807, 2.05) is 13.8 Å². The van der Waals surface area contributed by atoms with E-state index in [0.717, 1.165) is 12.1 Å². The minimum absolute atomic E-state index is 0.0739. The molecule has 2 aliphatic heterocycles. The molecular weight excluding hydrogens is 436 g/mol. The molecule has 1 aliphatic carbocycles. The molecule has 3 aliphatic rings. The van der Waals surface area contributed by atoms with Gasteiger partial charge in [-0.1, -0.05) is 13.8 Å². The third-order valence-electron chi connectivity index (χ3n) is 7.19. The number of carbonyl (C=O) groups excluding carboxylic acids is 4. The fourth-order valence-electron chi connectivity index (χ4n) is 5.28. The standard InChI is InChI=1S/C23H27F2N3O5/c1-23(2)17-9-28(18(30)11-33-16-7-13(24)6-14(25)8-16)20(19(17)23)22(32)27-15(10-29)5-12-3-4-26-21(12)31/h6-8,10,12,15,17,19-20H,3-5,9,11H2,1-2H3,(H,26,31)(H,27,32)/t12-,15-,17?,19?,20+/m0/s1. The fraction of sp³-hybridized carbons (Fsp3) is 0.565. The molecule has 0 radical (unpaired) electrons. The molecule has 10 heteroatoms. The van der Waals surface area contributed by atoms with Gasteiger partial charge in [0.25, 0.3) is 5.91 Å². The van der Waals surface area contributed by atoms with E-state index in [1.165, 1.54) is 4.90 Å². The topological polar surface area (TPSA) is 105 Å².